The lowest BCUT2D eigenvalue weighted by atomic mass is 10.2. The van der Waals surface area contributed by atoms with Crippen molar-refractivity contribution in [2.24, 2.45) is 5.73 Å². The summed E-state index contributed by atoms with van der Waals surface area (Å²) in [6, 6.07) is 3.41. The first kappa shape index (κ1) is 20.0. The van der Waals surface area contributed by atoms with Crippen LogP contribution in [0.2, 0.25) is 0 Å². The topological polar surface area (TPSA) is 109 Å². The molecule has 3 rings (SSSR count). The average molecular weight is 415 g/mol. The lowest BCUT2D eigenvalue weighted by Crippen LogP contribution is -2.49. The van der Waals surface area contributed by atoms with Gasteiger partial charge in [0.2, 0.25) is 10.0 Å². The quantitative estimate of drug-likeness (QED) is 0.801. The number of hydrogen-bond donors (Lipinski definition) is 1. The maximum Gasteiger partial charge on any atom is 0.416 e. The van der Waals surface area contributed by atoms with Crippen molar-refractivity contribution in [2.75, 3.05) is 31.1 Å². The fourth-order valence-electron chi connectivity index (χ4n) is 2.73. The Hall–Kier alpha value is -2.73. The largest absolute Gasteiger partial charge is 0.416 e. The summed E-state index contributed by atoms with van der Waals surface area (Å²) in [5.41, 5.74) is 4.22. The van der Waals surface area contributed by atoms with Gasteiger partial charge in [0.1, 0.15) is 11.5 Å². The summed E-state index contributed by atoms with van der Waals surface area (Å²) in [4.78, 5) is 20.6. The van der Waals surface area contributed by atoms with E-state index in [4.69, 9.17) is 5.73 Å². The lowest BCUT2D eigenvalue weighted by Gasteiger charge is -2.34. The zero-order chi connectivity index (χ0) is 20.5. The van der Waals surface area contributed by atoms with Crippen molar-refractivity contribution in [1.82, 2.24) is 14.3 Å². The Bertz CT molecular complexity index is 955. The van der Waals surface area contributed by atoms with Gasteiger partial charge >= 0.3 is 6.18 Å². The summed E-state index contributed by atoms with van der Waals surface area (Å²) in [6.45, 7) is 0.875. The summed E-state index contributed by atoms with van der Waals surface area (Å²) >= 11 is 0. The van der Waals surface area contributed by atoms with E-state index >= 15 is 0 Å². The van der Waals surface area contributed by atoms with Gasteiger partial charge in [-0.05, 0) is 24.3 Å². The van der Waals surface area contributed by atoms with Crippen molar-refractivity contribution in [2.45, 2.75) is 11.1 Å². The van der Waals surface area contributed by atoms with E-state index in [1.165, 1.54) is 16.7 Å². The first-order chi connectivity index (χ1) is 13.1. The van der Waals surface area contributed by atoms with Crippen molar-refractivity contribution in [3.8, 4) is 0 Å². The Balaban J connectivity index is 1.69. The normalized spacial score (nSPS) is 16.2. The van der Waals surface area contributed by atoms with Crippen LogP contribution in [0.4, 0.5) is 19.0 Å². The molecule has 1 aromatic heterocycles. The molecule has 0 bridgehead atoms. The number of piperazine rings is 1. The number of amides is 1. The van der Waals surface area contributed by atoms with Gasteiger partial charge < -0.3 is 10.6 Å². The first-order valence-corrected chi connectivity index (χ1v) is 9.57. The summed E-state index contributed by atoms with van der Waals surface area (Å²) in [5.74, 6) is -0.233. The van der Waals surface area contributed by atoms with Gasteiger partial charge in [-0.25, -0.2) is 18.4 Å². The minimum absolute atomic E-state index is 0.0206. The number of primary amides is 1. The molecule has 28 heavy (non-hydrogen) atoms. The van der Waals surface area contributed by atoms with Crippen LogP contribution in [0.25, 0.3) is 0 Å². The van der Waals surface area contributed by atoms with Gasteiger partial charge in [0, 0.05) is 26.2 Å². The molecule has 1 aliphatic rings. The molecular formula is C16H16F3N5O3S. The number of aromatic nitrogens is 2. The molecule has 1 aromatic carbocycles. The van der Waals surface area contributed by atoms with Crippen LogP contribution in [-0.2, 0) is 16.2 Å². The van der Waals surface area contributed by atoms with Crippen LogP contribution in [-0.4, -0.2) is 54.8 Å². The lowest BCUT2D eigenvalue weighted by molar-refractivity contribution is -0.137. The molecule has 2 heterocycles. The third-order valence-electron chi connectivity index (χ3n) is 4.27. The van der Waals surface area contributed by atoms with Crippen molar-refractivity contribution in [1.29, 1.82) is 0 Å². The first-order valence-electron chi connectivity index (χ1n) is 8.13. The number of rotatable bonds is 4. The van der Waals surface area contributed by atoms with E-state index in [0.29, 0.717) is 18.9 Å². The van der Waals surface area contributed by atoms with Gasteiger partial charge in [-0.2, -0.15) is 17.5 Å². The van der Waals surface area contributed by atoms with Crippen molar-refractivity contribution in [3.05, 3.63) is 47.9 Å². The second-order valence-electron chi connectivity index (χ2n) is 6.04. The molecule has 0 aliphatic carbocycles. The molecular weight excluding hydrogens is 399 g/mol. The second kappa shape index (κ2) is 7.36. The smallest absolute Gasteiger partial charge is 0.364 e. The Kier molecular flexibility index (Phi) is 5.26. The maximum atomic E-state index is 12.7. The van der Waals surface area contributed by atoms with E-state index in [2.05, 4.69) is 9.97 Å². The van der Waals surface area contributed by atoms with Gasteiger partial charge in [0.05, 0.1) is 22.9 Å². The highest BCUT2D eigenvalue weighted by molar-refractivity contribution is 7.89. The van der Waals surface area contributed by atoms with Crippen molar-refractivity contribution >= 4 is 21.7 Å². The van der Waals surface area contributed by atoms with Crippen molar-refractivity contribution < 1.29 is 26.4 Å². The molecule has 2 N–H and O–H groups in total. The van der Waals surface area contributed by atoms with Crippen LogP contribution >= 0.6 is 0 Å². The van der Waals surface area contributed by atoms with Crippen LogP contribution < -0.4 is 10.6 Å². The van der Waals surface area contributed by atoms with Crippen LogP contribution in [0.5, 0.6) is 0 Å². The molecule has 0 radical (unpaired) electrons. The van der Waals surface area contributed by atoms with E-state index in [9.17, 15) is 26.4 Å². The zero-order valence-corrected chi connectivity index (χ0v) is 15.2. The highest BCUT2D eigenvalue weighted by atomic mass is 32.2. The summed E-state index contributed by atoms with van der Waals surface area (Å²) < 4.78 is 64.4. The highest BCUT2D eigenvalue weighted by Crippen LogP contribution is 2.30. The highest BCUT2D eigenvalue weighted by Gasteiger charge is 2.32. The molecule has 2 aromatic rings. The van der Waals surface area contributed by atoms with Crippen molar-refractivity contribution in [3.63, 3.8) is 0 Å². The fraction of sp³-hybridized carbons (Fsp3) is 0.312. The van der Waals surface area contributed by atoms with Crippen LogP contribution in [0.1, 0.15) is 16.1 Å². The summed E-state index contributed by atoms with van der Waals surface area (Å²) in [6.07, 6.45) is -1.91. The van der Waals surface area contributed by atoms with E-state index in [0.717, 1.165) is 24.3 Å². The number of nitrogens with zero attached hydrogens (tertiary/aromatic N) is 4. The van der Waals surface area contributed by atoms with Gasteiger partial charge in [0.25, 0.3) is 5.91 Å². The monoisotopic (exact) mass is 415 g/mol. The number of carbonyl (C=O) groups is 1. The van der Waals surface area contributed by atoms with E-state index in [1.54, 1.807) is 4.90 Å². The number of alkyl halides is 3. The molecule has 0 saturated carbocycles. The number of sulfonamides is 1. The summed E-state index contributed by atoms with van der Waals surface area (Å²) in [5, 5.41) is 0. The molecule has 12 heteroatoms. The third kappa shape index (κ3) is 4.07. The van der Waals surface area contributed by atoms with E-state index in [1.807, 2.05) is 0 Å². The minimum Gasteiger partial charge on any atom is -0.364 e. The predicted molar refractivity (Wildman–Crippen MR) is 93.0 cm³/mol. The van der Waals surface area contributed by atoms with Crippen LogP contribution in [0, 0.1) is 0 Å². The Morgan fingerprint density at radius 3 is 2.07 bits per heavy atom. The number of halogens is 3. The fourth-order valence-corrected chi connectivity index (χ4v) is 4.16. The third-order valence-corrected chi connectivity index (χ3v) is 6.19. The standard InChI is InChI=1S/C16H16F3N5O3S/c17-16(18,19)11-1-3-12(4-2-11)28(26,27)24-7-5-23(6-8-24)14-10-21-13(9-22-14)15(20)25/h1-4,9-10H,5-8H2,(H2,20,25). The number of anilines is 1. The van der Waals surface area contributed by atoms with Gasteiger partial charge in [0.15, 0.2) is 0 Å². The predicted octanol–water partition coefficient (Wildman–Crippen LogP) is 1.11. The molecule has 8 nitrogen and oxygen atoms in total. The molecule has 150 valence electrons. The molecule has 0 unspecified atom stereocenters. The molecule has 1 amide bonds. The second-order valence-corrected chi connectivity index (χ2v) is 7.98. The molecule has 1 aliphatic heterocycles. The summed E-state index contributed by atoms with van der Waals surface area (Å²) in [7, 11) is -3.91. The zero-order valence-electron chi connectivity index (χ0n) is 14.4. The van der Waals surface area contributed by atoms with Gasteiger partial charge in [-0.3, -0.25) is 4.79 Å². The SMILES string of the molecule is NC(=O)c1cnc(N2CCN(S(=O)(=O)c3ccc(C(F)(F)F)cc3)CC2)cn1. The molecule has 1 saturated heterocycles. The van der Waals surface area contributed by atoms with Gasteiger partial charge in [-0.1, -0.05) is 0 Å². The average Bonchev–Trinajstić information content (AvgIpc) is 2.67. The van der Waals surface area contributed by atoms with Gasteiger partial charge in [-0.15, -0.1) is 0 Å². The number of benzene rings is 1. The minimum atomic E-state index is -4.53. The molecule has 0 atom stereocenters. The molecule has 1 fully saturated rings. The van der Waals surface area contributed by atoms with Crippen LogP contribution in [0.3, 0.4) is 0 Å². The van der Waals surface area contributed by atoms with Crippen LogP contribution in [0.15, 0.2) is 41.6 Å². The molecule has 0 spiro atoms. The Morgan fingerprint density at radius 1 is 1.00 bits per heavy atom. The maximum absolute atomic E-state index is 12.7. The Morgan fingerprint density at radius 2 is 1.61 bits per heavy atom. The Labute approximate surface area is 158 Å². The number of carbonyl (C=O) groups excluding carboxylic acids is 1. The number of nitrogens with two attached hydrogens (primary N) is 1. The van der Waals surface area contributed by atoms with E-state index < -0.39 is 27.7 Å². The number of hydrogen-bond acceptors (Lipinski definition) is 6. The van der Waals surface area contributed by atoms with E-state index in [-0.39, 0.29) is 23.7 Å².